The summed E-state index contributed by atoms with van der Waals surface area (Å²) < 4.78 is 5.99. The lowest BCUT2D eigenvalue weighted by atomic mass is 10.00. The van der Waals surface area contributed by atoms with E-state index in [2.05, 4.69) is 18.4 Å². The zero-order valence-corrected chi connectivity index (χ0v) is 17.8. The van der Waals surface area contributed by atoms with Crippen molar-refractivity contribution in [1.82, 2.24) is 20.2 Å². The number of ether oxygens (including phenoxy) is 1. The Hall–Kier alpha value is -2.54. The third-order valence-corrected chi connectivity index (χ3v) is 6.15. The van der Waals surface area contributed by atoms with Gasteiger partial charge in [0.15, 0.2) is 0 Å². The molecular formula is C23H32N4O3. The second-order valence-corrected chi connectivity index (χ2v) is 8.25. The molecule has 3 heterocycles. The molecule has 0 aliphatic carbocycles. The number of nitrogens with one attached hydrogen (secondary N) is 1. The van der Waals surface area contributed by atoms with Crippen LogP contribution in [-0.4, -0.2) is 58.9 Å². The van der Waals surface area contributed by atoms with Gasteiger partial charge in [0.1, 0.15) is 11.8 Å². The van der Waals surface area contributed by atoms with Crippen LogP contribution in [0.2, 0.25) is 0 Å². The average Bonchev–Trinajstić information content (AvgIpc) is 3.44. The van der Waals surface area contributed by atoms with Crippen LogP contribution in [0.25, 0.3) is 0 Å². The van der Waals surface area contributed by atoms with Crippen molar-refractivity contribution < 1.29 is 14.3 Å². The van der Waals surface area contributed by atoms with E-state index in [0.29, 0.717) is 26.0 Å². The van der Waals surface area contributed by atoms with Gasteiger partial charge >= 0.3 is 0 Å². The normalized spacial score (nSPS) is 23.2. The maximum absolute atomic E-state index is 13.1. The minimum Gasteiger partial charge on any atom is -0.493 e. The lowest BCUT2D eigenvalue weighted by Gasteiger charge is -2.32. The van der Waals surface area contributed by atoms with Crippen LogP contribution in [0.4, 0.5) is 0 Å². The first-order valence-electron chi connectivity index (χ1n) is 11.2. The standard InChI is InChI=1S/C23H32N4O3/c1-2-3-16-30-21-9-5-4-8-18(21)19-17-20-23(29)26(14-15-27(20)24-19)13-10-22(28)25-11-6-7-12-25/h4-5,8-9,14-15,19-20,24H,2-3,6-7,10-13,16-17H2,1H3. The third-order valence-electron chi connectivity index (χ3n) is 6.15. The predicted molar refractivity (Wildman–Crippen MR) is 114 cm³/mol. The largest absolute Gasteiger partial charge is 0.493 e. The molecule has 2 amide bonds. The highest BCUT2D eigenvalue weighted by molar-refractivity contribution is 5.85. The molecule has 7 heteroatoms. The van der Waals surface area contributed by atoms with Crippen molar-refractivity contribution in [2.75, 3.05) is 26.2 Å². The van der Waals surface area contributed by atoms with E-state index < -0.39 is 0 Å². The summed E-state index contributed by atoms with van der Waals surface area (Å²) in [5, 5.41) is 1.90. The molecular weight excluding hydrogens is 380 g/mol. The van der Waals surface area contributed by atoms with E-state index in [-0.39, 0.29) is 23.9 Å². The SMILES string of the molecule is CCCCOc1ccccc1C1CC2C(=O)N(CCC(=O)N3CCCC3)C=CN2N1. The van der Waals surface area contributed by atoms with Gasteiger partial charge in [-0.1, -0.05) is 31.5 Å². The Bertz CT molecular complexity index is 790. The van der Waals surface area contributed by atoms with Gasteiger partial charge in [-0.15, -0.1) is 0 Å². The molecule has 30 heavy (non-hydrogen) atoms. The van der Waals surface area contributed by atoms with Crippen LogP contribution in [0, 0.1) is 0 Å². The molecule has 7 nitrogen and oxygen atoms in total. The highest BCUT2D eigenvalue weighted by Crippen LogP contribution is 2.35. The van der Waals surface area contributed by atoms with Crippen LogP contribution < -0.4 is 10.2 Å². The molecule has 0 spiro atoms. The number of hydrogen-bond acceptors (Lipinski definition) is 5. The van der Waals surface area contributed by atoms with Crippen LogP contribution in [-0.2, 0) is 9.59 Å². The number of hydrogen-bond donors (Lipinski definition) is 1. The Labute approximate surface area is 178 Å². The fraction of sp³-hybridized carbons (Fsp3) is 0.565. The zero-order chi connectivity index (χ0) is 20.9. The van der Waals surface area contributed by atoms with Crippen molar-refractivity contribution in [2.24, 2.45) is 0 Å². The molecule has 1 aromatic rings. The molecule has 2 saturated heterocycles. The number of carbonyl (C=O) groups is 2. The summed E-state index contributed by atoms with van der Waals surface area (Å²) in [7, 11) is 0. The van der Waals surface area contributed by atoms with Crippen molar-refractivity contribution in [3.63, 3.8) is 0 Å². The van der Waals surface area contributed by atoms with Crippen LogP contribution >= 0.6 is 0 Å². The van der Waals surface area contributed by atoms with E-state index in [1.807, 2.05) is 34.3 Å². The first-order valence-corrected chi connectivity index (χ1v) is 11.2. The van der Waals surface area contributed by atoms with Gasteiger partial charge in [0, 0.05) is 44.0 Å². The van der Waals surface area contributed by atoms with E-state index in [1.165, 1.54) is 0 Å². The molecule has 3 aliphatic rings. The average molecular weight is 413 g/mol. The zero-order valence-electron chi connectivity index (χ0n) is 17.8. The molecule has 2 unspecified atom stereocenters. The van der Waals surface area contributed by atoms with E-state index in [9.17, 15) is 9.59 Å². The first-order chi connectivity index (χ1) is 14.7. The fourth-order valence-corrected chi connectivity index (χ4v) is 4.39. The third kappa shape index (κ3) is 4.46. The molecule has 3 aliphatic heterocycles. The summed E-state index contributed by atoms with van der Waals surface area (Å²) in [6.45, 7) is 4.99. The topological polar surface area (TPSA) is 65.1 Å². The summed E-state index contributed by atoms with van der Waals surface area (Å²) in [6, 6.07) is 7.82. The summed E-state index contributed by atoms with van der Waals surface area (Å²) in [6.07, 6.45) is 9.04. The number of fused-ring (bicyclic) bond motifs is 1. The van der Waals surface area contributed by atoms with Crippen LogP contribution in [0.3, 0.4) is 0 Å². The monoisotopic (exact) mass is 412 g/mol. The molecule has 0 bridgehead atoms. The first kappa shape index (κ1) is 20.7. The van der Waals surface area contributed by atoms with Gasteiger partial charge in [-0.05, 0) is 31.7 Å². The minimum atomic E-state index is -0.259. The second kappa shape index (κ2) is 9.51. The molecule has 0 saturated carbocycles. The number of rotatable bonds is 8. The van der Waals surface area contributed by atoms with Gasteiger partial charge in [0.2, 0.25) is 5.91 Å². The summed E-state index contributed by atoms with van der Waals surface area (Å²) >= 11 is 0. The number of carbonyl (C=O) groups excluding carboxylic acids is 2. The van der Waals surface area contributed by atoms with E-state index >= 15 is 0 Å². The Morgan fingerprint density at radius 3 is 2.80 bits per heavy atom. The lowest BCUT2D eigenvalue weighted by molar-refractivity contribution is -0.135. The van der Waals surface area contributed by atoms with E-state index in [0.717, 1.165) is 50.1 Å². The van der Waals surface area contributed by atoms with Crippen LogP contribution in [0.1, 0.15) is 57.1 Å². The fourth-order valence-electron chi connectivity index (χ4n) is 4.39. The van der Waals surface area contributed by atoms with Crippen molar-refractivity contribution in [3.8, 4) is 5.75 Å². The molecule has 1 aromatic carbocycles. The molecule has 2 fully saturated rings. The number of benzene rings is 1. The molecule has 0 radical (unpaired) electrons. The quantitative estimate of drug-likeness (QED) is 0.665. The van der Waals surface area contributed by atoms with Crippen LogP contribution in [0.5, 0.6) is 5.75 Å². The summed E-state index contributed by atoms with van der Waals surface area (Å²) in [4.78, 5) is 29.0. The van der Waals surface area contributed by atoms with Crippen molar-refractivity contribution in [2.45, 2.75) is 57.5 Å². The van der Waals surface area contributed by atoms with Gasteiger partial charge in [0.05, 0.1) is 12.6 Å². The number of hydrazine groups is 1. The van der Waals surface area contributed by atoms with Gasteiger partial charge in [-0.25, -0.2) is 5.43 Å². The van der Waals surface area contributed by atoms with Crippen molar-refractivity contribution in [3.05, 3.63) is 42.2 Å². The number of nitrogens with zero attached hydrogens (tertiary/aromatic N) is 3. The number of para-hydroxylation sites is 1. The van der Waals surface area contributed by atoms with Gasteiger partial charge < -0.3 is 19.5 Å². The second-order valence-electron chi connectivity index (χ2n) is 8.25. The smallest absolute Gasteiger partial charge is 0.250 e. The molecule has 162 valence electrons. The van der Waals surface area contributed by atoms with Crippen LogP contribution in [0.15, 0.2) is 36.7 Å². The summed E-state index contributed by atoms with van der Waals surface area (Å²) in [5.41, 5.74) is 4.53. The highest BCUT2D eigenvalue weighted by atomic mass is 16.5. The summed E-state index contributed by atoms with van der Waals surface area (Å²) in [5.74, 6) is 1.08. The maximum atomic E-state index is 13.1. The Kier molecular flexibility index (Phi) is 6.57. The number of likely N-dealkylation sites (tertiary alicyclic amines) is 1. The Balaban J connectivity index is 1.37. The number of amides is 2. The molecule has 0 aromatic heterocycles. The van der Waals surface area contributed by atoms with E-state index in [4.69, 9.17) is 4.74 Å². The maximum Gasteiger partial charge on any atom is 0.250 e. The van der Waals surface area contributed by atoms with Gasteiger partial charge in [-0.2, -0.15) is 0 Å². The predicted octanol–water partition coefficient (Wildman–Crippen LogP) is 2.81. The van der Waals surface area contributed by atoms with Crippen molar-refractivity contribution >= 4 is 11.8 Å². The van der Waals surface area contributed by atoms with Gasteiger partial charge in [0.25, 0.3) is 5.91 Å². The van der Waals surface area contributed by atoms with Gasteiger partial charge in [-0.3, -0.25) is 9.59 Å². The molecule has 2 atom stereocenters. The van der Waals surface area contributed by atoms with E-state index in [1.54, 1.807) is 11.1 Å². The lowest BCUT2D eigenvalue weighted by Crippen LogP contribution is -2.48. The number of unbranched alkanes of at least 4 members (excludes halogenated alkanes) is 1. The Morgan fingerprint density at radius 1 is 1.20 bits per heavy atom. The molecule has 4 rings (SSSR count). The highest BCUT2D eigenvalue weighted by Gasteiger charge is 2.40. The molecule has 1 N–H and O–H groups in total. The minimum absolute atomic E-state index is 0.0209. The van der Waals surface area contributed by atoms with Crippen molar-refractivity contribution in [1.29, 1.82) is 0 Å². The Morgan fingerprint density at radius 2 is 2.00 bits per heavy atom.